The van der Waals surface area contributed by atoms with Gasteiger partial charge in [0.2, 0.25) is 5.91 Å². The Balaban J connectivity index is 2.53. The Morgan fingerprint density at radius 2 is 2.00 bits per heavy atom. The third kappa shape index (κ3) is 5.49. The van der Waals surface area contributed by atoms with Crippen LogP contribution in [0.15, 0.2) is 0 Å². The molecule has 20 heavy (non-hydrogen) atoms. The molecule has 0 bridgehead atoms. The minimum atomic E-state index is -0.724. The van der Waals surface area contributed by atoms with E-state index >= 15 is 0 Å². The second-order valence-electron chi connectivity index (χ2n) is 6.64. The summed E-state index contributed by atoms with van der Waals surface area (Å²) in [4.78, 5) is 22.7. The average molecular weight is 285 g/mol. The number of methoxy groups -OCH3 is 1. The number of hydrogen-bond donors (Lipinski definition) is 1. The van der Waals surface area contributed by atoms with E-state index in [9.17, 15) is 9.59 Å². The van der Waals surface area contributed by atoms with Gasteiger partial charge in [-0.1, -0.05) is 20.8 Å². The summed E-state index contributed by atoms with van der Waals surface area (Å²) in [6.07, 6.45) is 3.30. The summed E-state index contributed by atoms with van der Waals surface area (Å²) in [5.74, 6) is -0.120. The maximum absolute atomic E-state index is 11.6. The van der Waals surface area contributed by atoms with Crippen LogP contribution in [0.1, 0.15) is 47.0 Å². The highest BCUT2D eigenvalue weighted by atomic mass is 16.5. The van der Waals surface area contributed by atoms with Crippen molar-refractivity contribution in [3.63, 3.8) is 0 Å². The SMILES string of the molecule is COC(=O)C(COC1CC(C)CC(C)(C)C1)NC(C)=O. The lowest BCUT2D eigenvalue weighted by atomic mass is 9.71. The second-order valence-corrected chi connectivity index (χ2v) is 6.64. The van der Waals surface area contributed by atoms with E-state index in [1.54, 1.807) is 0 Å². The Hall–Kier alpha value is -1.10. The highest BCUT2D eigenvalue weighted by Crippen LogP contribution is 2.39. The van der Waals surface area contributed by atoms with Crippen LogP contribution in [0.5, 0.6) is 0 Å². The number of esters is 1. The lowest BCUT2D eigenvalue weighted by Gasteiger charge is -2.39. The van der Waals surface area contributed by atoms with E-state index in [0.717, 1.165) is 12.8 Å². The van der Waals surface area contributed by atoms with Gasteiger partial charge < -0.3 is 14.8 Å². The zero-order valence-corrected chi connectivity index (χ0v) is 13.2. The van der Waals surface area contributed by atoms with E-state index in [1.807, 2.05) is 0 Å². The highest BCUT2D eigenvalue weighted by molar-refractivity contribution is 5.83. The normalized spacial score (nSPS) is 26.6. The number of nitrogens with one attached hydrogen (secondary N) is 1. The summed E-state index contributed by atoms with van der Waals surface area (Å²) >= 11 is 0. The first-order valence-electron chi connectivity index (χ1n) is 7.20. The first kappa shape index (κ1) is 17.0. The molecule has 1 aliphatic carbocycles. The van der Waals surface area contributed by atoms with E-state index in [2.05, 4.69) is 30.8 Å². The van der Waals surface area contributed by atoms with Crippen LogP contribution in [0.2, 0.25) is 0 Å². The molecule has 0 heterocycles. The minimum Gasteiger partial charge on any atom is -0.467 e. The van der Waals surface area contributed by atoms with Crippen LogP contribution >= 0.6 is 0 Å². The fraction of sp³-hybridized carbons (Fsp3) is 0.867. The molecule has 1 fully saturated rings. The number of rotatable bonds is 5. The van der Waals surface area contributed by atoms with Crippen LogP contribution in [-0.2, 0) is 19.1 Å². The van der Waals surface area contributed by atoms with Crippen molar-refractivity contribution in [1.29, 1.82) is 0 Å². The minimum absolute atomic E-state index is 0.134. The molecule has 0 spiro atoms. The third-order valence-electron chi connectivity index (χ3n) is 3.71. The summed E-state index contributed by atoms with van der Waals surface area (Å²) in [6, 6.07) is -0.724. The summed E-state index contributed by atoms with van der Waals surface area (Å²) < 4.78 is 10.5. The molecule has 1 rings (SSSR count). The first-order valence-corrected chi connectivity index (χ1v) is 7.20. The molecule has 1 saturated carbocycles. The number of hydrogen-bond acceptors (Lipinski definition) is 4. The number of carbonyl (C=O) groups is 2. The third-order valence-corrected chi connectivity index (χ3v) is 3.71. The molecule has 1 N–H and O–H groups in total. The molecule has 1 amide bonds. The van der Waals surface area contributed by atoms with Crippen LogP contribution in [-0.4, -0.2) is 37.7 Å². The predicted octanol–water partition coefficient (Wildman–Crippen LogP) is 1.90. The molecular formula is C15H27NO4. The van der Waals surface area contributed by atoms with Gasteiger partial charge in [-0.3, -0.25) is 4.79 Å². The van der Waals surface area contributed by atoms with Gasteiger partial charge in [-0.05, 0) is 30.6 Å². The Morgan fingerprint density at radius 1 is 1.35 bits per heavy atom. The lowest BCUT2D eigenvalue weighted by Crippen LogP contribution is -2.45. The van der Waals surface area contributed by atoms with E-state index in [4.69, 9.17) is 4.74 Å². The summed E-state index contributed by atoms with van der Waals surface area (Å²) in [5, 5.41) is 2.56. The molecule has 5 heteroatoms. The van der Waals surface area contributed by atoms with Gasteiger partial charge >= 0.3 is 5.97 Å². The molecule has 0 aromatic heterocycles. The van der Waals surface area contributed by atoms with Crippen molar-refractivity contribution in [3.05, 3.63) is 0 Å². The van der Waals surface area contributed by atoms with Crippen LogP contribution in [0, 0.1) is 11.3 Å². The molecular weight excluding hydrogens is 258 g/mol. The van der Waals surface area contributed by atoms with Gasteiger partial charge in [0.25, 0.3) is 0 Å². The molecule has 0 saturated heterocycles. The predicted molar refractivity (Wildman–Crippen MR) is 76.2 cm³/mol. The largest absolute Gasteiger partial charge is 0.467 e. The molecule has 0 radical (unpaired) electrons. The van der Waals surface area contributed by atoms with Crippen LogP contribution in [0.4, 0.5) is 0 Å². The number of amides is 1. The van der Waals surface area contributed by atoms with Gasteiger partial charge in [0.1, 0.15) is 0 Å². The van der Waals surface area contributed by atoms with Crippen LogP contribution in [0.3, 0.4) is 0 Å². The maximum atomic E-state index is 11.6. The summed E-state index contributed by atoms with van der Waals surface area (Å²) in [6.45, 7) is 8.25. The van der Waals surface area contributed by atoms with E-state index in [-0.39, 0.29) is 24.0 Å². The quantitative estimate of drug-likeness (QED) is 0.784. The molecule has 0 aromatic carbocycles. The second kappa shape index (κ2) is 7.07. The fourth-order valence-electron chi connectivity index (χ4n) is 3.17. The number of ether oxygens (including phenoxy) is 2. The molecule has 1 aliphatic rings. The van der Waals surface area contributed by atoms with Crippen molar-refractivity contribution in [2.75, 3.05) is 13.7 Å². The van der Waals surface area contributed by atoms with E-state index in [1.165, 1.54) is 20.5 Å². The van der Waals surface area contributed by atoms with Gasteiger partial charge in [0.05, 0.1) is 19.8 Å². The van der Waals surface area contributed by atoms with Crippen molar-refractivity contribution < 1.29 is 19.1 Å². The molecule has 0 aliphatic heterocycles. The van der Waals surface area contributed by atoms with Crippen molar-refractivity contribution >= 4 is 11.9 Å². The molecule has 5 nitrogen and oxygen atoms in total. The Kier molecular flexibility index (Phi) is 5.99. The Bertz CT molecular complexity index is 354. The van der Waals surface area contributed by atoms with Gasteiger partial charge in [0, 0.05) is 6.92 Å². The van der Waals surface area contributed by atoms with Crippen LogP contribution < -0.4 is 5.32 Å². The van der Waals surface area contributed by atoms with Gasteiger partial charge in [-0.15, -0.1) is 0 Å². The molecule has 3 atom stereocenters. The fourth-order valence-corrected chi connectivity index (χ4v) is 3.17. The first-order chi connectivity index (χ1) is 9.23. The van der Waals surface area contributed by atoms with Gasteiger partial charge in [-0.25, -0.2) is 4.79 Å². The van der Waals surface area contributed by atoms with Crippen molar-refractivity contribution in [2.24, 2.45) is 11.3 Å². The number of carbonyl (C=O) groups excluding carboxylic acids is 2. The van der Waals surface area contributed by atoms with Crippen molar-refractivity contribution in [3.8, 4) is 0 Å². The monoisotopic (exact) mass is 285 g/mol. The molecule has 0 aromatic rings. The maximum Gasteiger partial charge on any atom is 0.330 e. The zero-order chi connectivity index (χ0) is 15.3. The Labute approximate surface area is 121 Å². The van der Waals surface area contributed by atoms with Crippen molar-refractivity contribution in [1.82, 2.24) is 5.32 Å². The molecule has 3 unspecified atom stereocenters. The van der Waals surface area contributed by atoms with Crippen LogP contribution in [0.25, 0.3) is 0 Å². The van der Waals surface area contributed by atoms with Crippen molar-refractivity contribution in [2.45, 2.75) is 59.1 Å². The topological polar surface area (TPSA) is 64.6 Å². The summed E-state index contributed by atoms with van der Waals surface area (Å²) in [5.41, 5.74) is 0.261. The smallest absolute Gasteiger partial charge is 0.330 e. The average Bonchev–Trinajstić information content (AvgIpc) is 2.30. The standard InChI is InChI=1S/C15H27NO4/c1-10-6-12(8-15(3,4)7-10)20-9-13(14(18)19-5)16-11(2)17/h10,12-13H,6-9H2,1-5H3,(H,16,17). The Morgan fingerprint density at radius 3 is 2.50 bits per heavy atom. The van der Waals surface area contributed by atoms with Gasteiger partial charge in [-0.2, -0.15) is 0 Å². The highest BCUT2D eigenvalue weighted by Gasteiger charge is 2.33. The lowest BCUT2D eigenvalue weighted by molar-refractivity contribution is -0.148. The summed E-state index contributed by atoms with van der Waals surface area (Å²) in [7, 11) is 1.31. The molecule has 116 valence electrons. The van der Waals surface area contributed by atoms with Gasteiger partial charge in [0.15, 0.2) is 6.04 Å². The van der Waals surface area contributed by atoms with E-state index in [0.29, 0.717) is 5.92 Å². The van der Waals surface area contributed by atoms with E-state index < -0.39 is 12.0 Å². The zero-order valence-electron chi connectivity index (χ0n) is 13.2.